The maximum atomic E-state index is 5.51. The van der Waals surface area contributed by atoms with E-state index >= 15 is 0 Å². The molecular weight excluding hydrogens is 258 g/mol. The highest BCUT2D eigenvalue weighted by atomic mass is 16.7. The summed E-state index contributed by atoms with van der Waals surface area (Å²) < 4.78 is 21.5. The molecule has 0 bridgehead atoms. The zero-order valence-corrected chi connectivity index (χ0v) is 11.3. The van der Waals surface area contributed by atoms with Crippen LogP contribution in [-0.2, 0) is 0 Å². The van der Waals surface area contributed by atoms with Gasteiger partial charge in [-0.25, -0.2) is 0 Å². The highest BCUT2D eigenvalue weighted by molar-refractivity contribution is 5.76. The average Bonchev–Trinajstić information content (AvgIpc) is 2.98. The van der Waals surface area contributed by atoms with Crippen molar-refractivity contribution in [3.8, 4) is 23.0 Å². The van der Waals surface area contributed by atoms with Crippen molar-refractivity contribution in [2.45, 2.75) is 0 Å². The minimum Gasteiger partial charge on any atom is -0.495 e. The van der Waals surface area contributed by atoms with Gasteiger partial charge in [0.1, 0.15) is 5.75 Å². The van der Waals surface area contributed by atoms with Crippen LogP contribution in [0.5, 0.6) is 23.0 Å². The normalized spacial score (nSPS) is 12.1. The Balaban J connectivity index is 1.98. The van der Waals surface area contributed by atoms with Crippen LogP contribution in [0.15, 0.2) is 36.4 Å². The van der Waals surface area contributed by atoms with Gasteiger partial charge in [0.15, 0.2) is 11.5 Å². The molecule has 0 spiro atoms. The molecule has 5 nitrogen and oxygen atoms in total. The van der Waals surface area contributed by atoms with Gasteiger partial charge in [0, 0.05) is 0 Å². The lowest BCUT2D eigenvalue weighted by Crippen LogP contribution is -1.97. The second-order valence-electron chi connectivity index (χ2n) is 4.21. The van der Waals surface area contributed by atoms with Gasteiger partial charge in [-0.3, -0.25) is 0 Å². The highest BCUT2D eigenvalue weighted by Gasteiger charge is 2.23. The second kappa shape index (κ2) is 5.21. The molecule has 1 N–H and O–H groups in total. The number of rotatable bonds is 4. The van der Waals surface area contributed by atoms with Gasteiger partial charge in [0.2, 0.25) is 12.5 Å². The first kappa shape index (κ1) is 12.5. The topological polar surface area (TPSA) is 49.0 Å². The van der Waals surface area contributed by atoms with Gasteiger partial charge in [0.05, 0.1) is 25.6 Å². The Labute approximate surface area is 117 Å². The molecule has 5 heteroatoms. The number of anilines is 2. The van der Waals surface area contributed by atoms with Gasteiger partial charge in [-0.15, -0.1) is 0 Å². The van der Waals surface area contributed by atoms with Crippen molar-refractivity contribution in [1.29, 1.82) is 0 Å². The van der Waals surface area contributed by atoms with Crippen molar-refractivity contribution < 1.29 is 18.9 Å². The van der Waals surface area contributed by atoms with E-state index in [2.05, 4.69) is 5.32 Å². The fraction of sp³-hybridized carbons (Fsp3) is 0.200. The Morgan fingerprint density at radius 3 is 2.40 bits per heavy atom. The Kier molecular flexibility index (Phi) is 3.25. The molecule has 1 heterocycles. The van der Waals surface area contributed by atoms with E-state index in [1.807, 2.05) is 36.4 Å². The van der Waals surface area contributed by atoms with Crippen molar-refractivity contribution in [1.82, 2.24) is 0 Å². The van der Waals surface area contributed by atoms with Crippen molar-refractivity contribution in [3.05, 3.63) is 36.4 Å². The summed E-state index contributed by atoms with van der Waals surface area (Å²) in [4.78, 5) is 0. The number of para-hydroxylation sites is 2. The summed E-state index contributed by atoms with van der Waals surface area (Å²) in [6, 6.07) is 11.4. The number of methoxy groups -OCH3 is 2. The highest BCUT2D eigenvalue weighted by Crippen LogP contribution is 2.47. The molecule has 3 rings (SSSR count). The molecule has 104 valence electrons. The first-order valence-corrected chi connectivity index (χ1v) is 6.20. The quantitative estimate of drug-likeness (QED) is 0.927. The third-order valence-electron chi connectivity index (χ3n) is 3.08. The predicted octanol–water partition coefficient (Wildman–Crippen LogP) is 3.18. The summed E-state index contributed by atoms with van der Waals surface area (Å²) >= 11 is 0. The molecule has 0 radical (unpaired) electrons. The van der Waals surface area contributed by atoms with Crippen molar-refractivity contribution in [2.24, 2.45) is 0 Å². The molecule has 0 unspecified atom stereocenters. The molecule has 0 atom stereocenters. The summed E-state index contributed by atoms with van der Waals surface area (Å²) in [7, 11) is 3.24. The monoisotopic (exact) mass is 273 g/mol. The summed E-state index contributed by atoms with van der Waals surface area (Å²) in [6.07, 6.45) is 0. The summed E-state index contributed by atoms with van der Waals surface area (Å²) in [5.41, 5.74) is 1.67. The zero-order valence-electron chi connectivity index (χ0n) is 11.3. The van der Waals surface area contributed by atoms with Gasteiger partial charge in [0.25, 0.3) is 0 Å². The van der Waals surface area contributed by atoms with Gasteiger partial charge in [-0.2, -0.15) is 0 Å². The molecule has 2 aromatic rings. The lowest BCUT2D eigenvalue weighted by molar-refractivity contribution is 0.171. The minimum atomic E-state index is 0.191. The van der Waals surface area contributed by atoms with Crippen LogP contribution < -0.4 is 24.3 Å². The summed E-state index contributed by atoms with van der Waals surface area (Å²) in [6.45, 7) is 0.191. The zero-order chi connectivity index (χ0) is 13.9. The molecule has 0 saturated carbocycles. The van der Waals surface area contributed by atoms with E-state index in [-0.39, 0.29) is 6.79 Å². The van der Waals surface area contributed by atoms with Crippen LogP contribution in [0.1, 0.15) is 0 Å². The van der Waals surface area contributed by atoms with E-state index in [9.17, 15) is 0 Å². The number of ether oxygens (including phenoxy) is 4. The summed E-state index contributed by atoms with van der Waals surface area (Å²) in [5, 5.41) is 3.29. The average molecular weight is 273 g/mol. The van der Waals surface area contributed by atoms with Crippen LogP contribution in [0.3, 0.4) is 0 Å². The Hall–Kier alpha value is -2.56. The smallest absolute Gasteiger partial charge is 0.231 e. The SMILES string of the molecule is COc1ccccc1Nc1ccc(OC)c2c1OCO2. The van der Waals surface area contributed by atoms with Crippen LogP contribution >= 0.6 is 0 Å². The fourth-order valence-corrected chi connectivity index (χ4v) is 2.12. The Morgan fingerprint density at radius 2 is 1.60 bits per heavy atom. The molecule has 1 aliphatic rings. The minimum absolute atomic E-state index is 0.191. The van der Waals surface area contributed by atoms with E-state index in [1.165, 1.54) is 0 Å². The maximum absolute atomic E-state index is 5.51. The van der Waals surface area contributed by atoms with E-state index in [0.717, 1.165) is 17.1 Å². The molecule has 1 aliphatic heterocycles. The maximum Gasteiger partial charge on any atom is 0.231 e. The molecule has 0 aliphatic carbocycles. The van der Waals surface area contributed by atoms with Crippen LogP contribution in [0.2, 0.25) is 0 Å². The van der Waals surface area contributed by atoms with Crippen LogP contribution in [0.4, 0.5) is 11.4 Å². The number of hydrogen-bond donors (Lipinski definition) is 1. The Morgan fingerprint density at radius 1 is 0.850 bits per heavy atom. The fourth-order valence-electron chi connectivity index (χ4n) is 2.12. The number of fused-ring (bicyclic) bond motifs is 1. The van der Waals surface area contributed by atoms with Crippen molar-refractivity contribution in [2.75, 3.05) is 26.3 Å². The standard InChI is InChI=1S/C15H15NO4/c1-17-12-6-4-3-5-10(12)16-11-7-8-13(18-2)15-14(11)19-9-20-15/h3-8,16H,9H2,1-2H3. The van der Waals surface area contributed by atoms with Gasteiger partial charge in [-0.1, -0.05) is 12.1 Å². The number of nitrogens with one attached hydrogen (secondary N) is 1. The van der Waals surface area contributed by atoms with Gasteiger partial charge >= 0.3 is 0 Å². The first-order chi connectivity index (χ1) is 9.83. The predicted molar refractivity (Wildman–Crippen MR) is 75.4 cm³/mol. The third kappa shape index (κ3) is 2.07. The first-order valence-electron chi connectivity index (χ1n) is 6.20. The molecule has 0 saturated heterocycles. The van der Waals surface area contributed by atoms with E-state index in [1.54, 1.807) is 14.2 Å². The van der Waals surface area contributed by atoms with E-state index < -0.39 is 0 Å². The molecule has 2 aromatic carbocycles. The molecule has 0 aromatic heterocycles. The van der Waals surface area contributed by atoms with Gasteiger partial charge < -0.3 is 24.3 Å². The molecule has 0 amide bonds. The van der Waals surface area contributed by atoms with Crippen molar-refractivity contribution >= 4 is 11.4 Å². The largest absolute Gasteiger partial charge is 0.495 e. The lowest BCUT2D eigenvalue weighted by atomic mass is 10.2. The van der Waals surface area contributed by atoms with Crippen molar-refractivity contribution in [3.63, 3.8) is 0 Å². The van der Waals surface area contributed by atoms with Gasteiger partial charge in [-0.05, 0) is 24.3 Å². The Bertz CT molecular complexity index is 627. The summed E-state index contributed by atoms with van der Waals surface area (Å²) in [5.74, 6) is 2.68. The lowest BCUT2D eigenvalue weighted by Gasteiger charge is -2.13. The molecule has 0 fully saturated rings. The number of hydrogen-bond acceptors (Lipinski definition) is 5. The van der Waals surface area contributed by atoms with Crippen LogP contribution in [0.25, 0.3) is 0 Å². The number of benzene rings is 2. The van der Waals surface area contributed by atoms with E-state index in [0.29, 0.717) is 17.2 Å². The molecular formula is C15H15NO4. The third-order valence-corrected chi connectivity index (χ3v) is 3.08. The van der Waals surface area contributed by atoms with E-state index in [4.69, 9.17) is 18.9 Å². The van der Waals surface area contributed by atoms with Crippen LogP contribution in [0, 0.1) is 0 Å². The van der Waals surface area contributed by atoms with Crippen LogP contribution in [-0.4, -0.2) is 21.0 Å². The molecule has 20 heavy (non-hydrogen) atoms. The second-order valence-corrected chi connectivity index (χ2v) is 4.21.